The average molecular weight is 343 g/mol. The number of amides is 2. The Labute approximate surface area is 146 Å². The van der Waals surface area contributed by atoms with Crippen LogP contribution in [0.4, 0.5) is 0 Å². The highest BCUT2D eigenvalue weighted by atomic mass is 32.2. The van der Waals surface area contributed by atoms with Gasteiger partial charge in [-0.15, -0.1) is 0 Å². The highest BCUT2D eigenvalue weighted by Crippen LogP contribution is 2.28. The maximum Gasteiger partial charge on any atom is 0.264 e. The molecule has 1 saturated carbocycles. The minimum atomic E-state index is -0.121. The van der Waals surface area contributed by atoms with Crippen LogP contribution >= 0.6 is 11.8 Å². The van der Waals surface area contributed by atoms with Gasteiger partial charge in [-0.05, 0) is 48.4 Å². The van der Waals surface area contributed by atoms with Crippen molar-refractivity contribution in [3.8, 4) is 0 Å². The molecule has 1 aromatic rings. The van der Waals surface area contributed by atoms with Gasteiger partial charge in [-0.25, -0.2) is 0 Å². The number of hydrogen-bond donors (Lipinski definition) is 2. The minimum Gasteiger partial charge on any atom is -0.355 e. The number of carbonyl (C=O) groups is 2. The maximum atomic E-state index is 12.1. The Hall–Kier alpha value is -2.08. The fourth-order valence-electron chi connectivity index (χ4n) is 2.89. The molecule has 1 heterocycles. The number of benzene rings is 1. The Balaban J connectivity index is 1.70. The van der Waals surface area contributed by atoms with Crippen LogP contribution in [0.5, 0.6) is 0 Å². The number of carbonyl (C=O) groups excluding carboxylic acids is 2. The first-order valence-corrected chi connectivity index (χ1v) is 9.08. The van der Waals surface area contributed by atoms with E-state index in [-0.39, 0.29) is 11.8 Å². The Morgan fingerprint density at radius 1 is 1.25 bits per heavy atom. The molecule has 0 bridgehead atoms. The highest BCUT2D eigenvalue weighted by molar-refractivity contribution is 8.18. The molecule has 6 heteroatoms. The Bertz CT molecular complexity index is 689. The van der Waals surface area contributed by atoms with E-state index in [1.807, 2.05) is 18.2 Å². The van der Waals surface area contributed by atoms with Gasteiger partial charge >= 0.3 is 0 Å². The molecule has 126 valence electrons. The standard InChI is InChI=1S/C18H21N3O2S/c1-19-16(22)13-9-7-12(8-10-13)11-15-17(23)21-18(24-15)20-14-5-3-2-4-6-14/h7-11,14H,2-6H2,1H3,(H,19,22)(H,20,21,23)/b15-11+. The molecule has 1 aromatic carbocycles. The molecule has 1 saturated heterocycles. The second kappa shape index (κ2) is 7.66. The number of nitrogens with zero attached hydrogens (tertiary/aromatic N) is 1. The van der Waals surface area contributed by atoms with E-state index in [1.54, 1.807) is 19.2 Å². The van der Waals surface area contributed by atoms with Gasteiger partial charge in [-0.2, -0.15) is 0 Å². The monoisotopic (exact) mass is 343 g/mol. The van der Waals surface area contributed by atoms with Crippen LogP contribution in [0.15, 0.2) is 34.2 Å². The first-order valence-electron chi connectivity index (χ1n) is 8.26. The van der Waals surface area contributed by atoms with Crippen molar-refractivity contribution in [2.24, 2.45) is 4.99 Å². The van der Waals surface area contributed by atoms with E-state index in [2.05, 4.69) is 15.6 Å². The van der Waals surface area contributed by atoms with Crippen molar-refractivity contribution in [3.63, 3.8) is 0 Å². The predicted octanol–water partition coefficient (Wildman–Crippen LogP) is 2.94. The van der Waals surface area contributed by atoms with Crippen molar-refractivity contribution in [1.29, 1.82) is 0 Å². The number of thioether (sulfide) groups is 1. The van der Waals surface area contributed by atoms with Gasteiger partial charge < -0.3 is 10.6 Å². The summed E-state index contributed by atoms with van der Waals surface area (Å²) in [6.45, 7) is 0. The molecule has 2 aliphatic rings. The largest absolute Gasteiger partial charge is 0.355 e. The van der Waals surface area contributed by atoms with Crippen LogP contribution in [0.1, 0.15) is 48.0 Å². The van der Waals surface area contributed by atoms with Gasteiger partial charge in [0.25, 0.3) is 11.8 Å². The molecule has 0 spiro atoms. The summed E-state index contributed by atoms with van der Waals surface area (Å²) in [4.78, 5) is 29.0. The van der Waals surface area contributed by atoms with Gasteiger partial charge in [0.15, 0.2) is 5.17 Å². The lowest BCUT2D eigenvalue weighted by Crippen LogP contribution is -2.22. The number of rotatable bonds is 3. The van der Waals surface area contributed by atoms with Crippen molar-refractivity contribution in [2.75, 3.05) is 7.05 Å². The number of amidine groups is 1. The molecular formula is C18H21N3O2S. The van der Waals surface area contributed by atoms with E-state index in [0.717, 1.165) is 18.4 Å². The summed E-state index contributed by atoms with van der Waals surface area (Å²) < 4.78 is 0. The lowest BCUT2D eigenvalue weighted by Gasteiger charge is -2.17. The van der Waals surface area contributed by atoms with Crippen LogP contribution in [0.25, 0.3) is 6.08 Å². The summed E-state index contributed by atoms with van der Waals surface area (Å²) in [6.07, 6.45) is 7.79. The van der Waals surface area contributed by atoms with Crippen molar-refractivity contribution >= 4 is 34.8 Å². The molecule has 2 N–H and O–H groups in total. The molecule has 3 rings (SSSR count). The Morgan fingerprint density at radius 3 is 2.62 bits per heavy atom. The summed E-state index contributed by atoms with van der Waals surface area (Å²) in [5.41, 5.74) is 1.49. The van der Waals surface area contributed by atoms with Gasteiger partial charge in [-0.3, -0.25) is 14.6 Å². The van der Waals surface area contributed by atoms with Gasteiger partial charge in [0.05, 0.1) is 10.9 Å². The minimum absolute atomic E-state index is 0.107. The second-order valence-electron chi connectivity index (χ2n) is 5.99. The Morgan fingerprint density at radius 2 is 1.96 bits per heavy atom. The SMILES string of the molecule is CNC(=O)c1ccc(/C=C2/SC(=NC3CCCCC3)NC2=O)cc1. The van der Waals surface area contributed by atoms with Crippen LogP contribution in [-0.4, -0.2) is 30.1 Å². The Kier molecular flexibility index (Phi) is 5.35. The van der Waals surface area contributed by atoms with Crippen LogP contribution in [-0.2, 0) is 4.79 Å². The first-order chi connectivity index (χ1) is 11.7. The molecule has 5 nitrogen and oxygen atoms in total. The van der Waals surface area contributed by atoms with E-state index in [0.29, 0.717) is 21.7 Å². The smallest absolute Gasteiger partial charge is 0.264 e. The molecule has 0 aromatic heterocycles. The number of hydrogen-bond acceptors (Lipinski definition) is 4. The first kappa shape index (κ1) is 16.8. The number of nitrogens with one attached hydrogen (secondary N) is 2. The highest BCUT2D eigenvalue weighted by Gasteiger charge is 2.25. The topological polar surface area (TPSA) is 70.6 Å². The van der Waals surface area contributed by atoms with Gasteiger partial charge in [0.2, 0.25) is 0 Å². The van der Waals surface area contributed by atoms with Crippen molar-refractivity contribution in [1.82, 2.24) is 10.6 Å². The molecule has 2 fully saturated rings. The summed E-state index contributed by atoms with van der Waals surface area (Å²) in [7, 11) is 1.60. The van der Waals surface area contributed by atoms with Crippen LogP contribution in [0.2, 0.25) is 0 Å². The van der Waals surface area contributed by atoms with Crippen LogP contribution in [0, 0.1) is 0 Å². The molecular weight excluding hydrogens is 322 g/mol. The summed E-state index contributed by atoms with van der Waals surface area (Å²) in [6, 6.07) is 7.51. The van der Waals surface area contributed by atoms with Crippen molar-refractivity contribution in [3.05, 3.63) is 40.3 Å². The molecule has 1 aliphatic heterocycles. The number of aliphatic imine (C=N–C) groups is 1. The summed E-state index contributed by atoms with van der Waals surface area (Å²) in [5, 5.41) is 6.15. The molecule has 0 radical (unpaired) electrons. The predicted molar refractivity (Wildman–Crippen MR) is 97.9 cm³/mol. The molecule has 1 aliphatic carbocycles. The van der Waals surface area contributed by atoms with E-state index >= 15 is 0 Å². The zero-order valence-corrected chi connectivity index (χ0v) is 14.5. The molecule has 0 atom stereocenters. The molecule has 24 heavy (non-hydrogen) atoms. The van der Waals surface area contributed by atoms with Gasteiger partial charge in [-0.1, -0.05) is 31.4 Å². The van der Waals surface area contributed by atoms with Crippen molar-refractivity contribution < 1.29 is 9.59 Å². The average Bonchev–Trinajstić information content (AvgIpc) is 2.95. The maximum absolute atomic E-state index is 12.1. The summed E-state index contributed by atoms with van der Waals surface area (Å²) in [5.74, 6) is -0.228. The molecule has 2 amide bonds. The second-order valence-corrected chi connectivity index (χ2v) is 7.02. The third kappa shape index (κ3) is 4.06. The lowest BCUT2D eigenvalue weighted by atomic mass is 9.96. The third-order valence-corrected chi connectivity index (χ3v) is 5.15. The van der Waals surface area contributed by atoms with E-state index < -0.39 is 0 Å². The quantitative estimate of drug-likeness (QED) is 0.829. The third-order valence-electron chi connectivity index (χ3n) is 4.22. The normalized spacial score (nSPS) is 22.0. The van der Waals surface area contributed by atoms with E-state index in [1.165, 1.54) is 31.0 Å². The molecule has 0 unspecified atom stereocenters. The fourth-order valence-corrected chi connectivity index (χ4v) is 3.78. The zero-order valence-electron chi connectivity index (χ0n) is 13.7. The summed E-state index contributed by atoms with van der Waals surface area (Å²) >= 11 is 1.39. The van der Waals surface area contributed by atoms with Crippen molar-refractivity contribution in [2.45, 2.75) is 38.1 Å². The van der Waals surface area contributed by atoms with Gasteiger partial charge in [0.1, 0.15) is 0 Å². The zero-order chi connectivity index (χ0) is 16.9. The lowest BCUT2D eigenvalue weighted by molar-refractivity contribution is -0.115. The van der Waals surface area contributed by atoms with E-state index in [9.17, 15) is 9.59 Å². The van der Waals surface area contributed by atoms with Gasteiger partial charge in [0, 0.05) is 12.6 Å². The van der Waals surface area contributed by atoms with Crippen LogP contribution in [0.3, 0.4) is 0 Å². The fraction of sp³-hybridized carbons (Fsp3) is 0.389. The van der Waals surface area contributed by atoms with Crippen LogP contribution < -0.4 is 10.6 Å². The van der Waals surface area contributed by atoms with E-state index in [4.69, 9.17) is 0 Å².